The van der Waals surface area contributed by atoms with Gasteiger partial charge in [-0.2, -0.15) is 0 Å². The average Bonchev–Trinajstić information content (AvgIpc) is 2.39. The second-order valence-corrected chi connectivity index (χ2v) is 4.01. The molecule has 1 aromatic rings. The van der Waals surface area contributed by atoms with E-state index in [1.807, 2.05) is 6.07 Å². The van der Waals surface area contributed by atoms with Gasteiger partial charge in [-0.05, 0) is 0 Å². The van der Waals surface area contributed by atoms with Gasteiger partial charge in [0.2, 0.25) is 0 Å². The third-order valence-electron chi connectivity index (χ3n) is 1.41. The first-order chi connectivity index (χ1) is 5.20. The van der Waals surface area contributed by atoms with Crippen molar-refractivity contribution in [2.24, 2.45) is 0 Å². The molecule has 4 heteroatoms. The molecular formula is C7H10NO2Se+. The van der Waals surface area contributed by atoms with Crippen LogP contribution in [0.15, 0.2) is 15.9 Å². The molecule has 1 rings (SSSR count). The maximum atomic E-state index is 10.4. The van der Waals surface area contributed by atoms with E-state index in [0.29, 0.717) is 20.9 Å². The zero-order chi connectivity index (χ0) is 8.27. The Morgan fingerprint density at radius 3 is 3.00 bits per heavy atom. The van der Waals surface area contributed by atoms with Crippen LogP contribution in [-0.4, -0.2) is 31.6 Å². The van der Waals surface area contributed by atoms with E-state index in [0.717, 1.165) is 5.56 Å². The number of carboxylic acid groups (broad SMARTS) is 1. The number of aliphatic carboxylic acids is 1. The van der Waals surface area contributed by atoms with Gasteiger partial charge in [-0.3, -0.25) is 0 Å². The summed E-state index contributed by atoms with van der Waals surface area (Å²) >= 11 is 0.452. The summed E-state index contributed by atoms with van der Waals surface area (Å²) in [4.78, 5) is 14.5. The number of hydrogen-bond acceptors (Lipinski definition) is 1. The molecule has 0 amide bonds. The fourth-order valence-corrected chi connectivity index (χ4v) is 2.21. The molecule has 1 atom stereocenters. The van der Waals surface area contributed by atoms with Crippen LogP contribution in [0, 0.1) is 0 Å². The molecule has 3 nitrogen and oxygen atoms in total. The van der Waals surface area contributed by atoms with Crippen molar-refractivity contribution in [1.82, 2.24) is 0 Å². The summed E-state index contributed by atoms with van der Waals surface area (Å²) < 4.78 is 0. The van der Waals surface area contributed by atoms with Crippen molar-refractivity contribution in [3.8, 4) is 0 Å². The molecule has 1 heterocycles. The van der Waals surface area contributed by atoms with Gasteiger partial charge in [-0.15, -0.1) is 0 Å². The number of carboxylic acids is 1. The molecule has 4 N–H and O–H groups in total. The molecule has 0 bridgehead atoms. The molecule has 0 spiro atoms. The number of carbonyl (C=O) groups is 1. The standard InChI is InChI=1S/C7H9NO2Se/c8-6(7(9)10)3-5-1-2-11-4-5/h1-2,4,6H,3,8H2,(H,9,10)/p+1. The third kappa shape index (κ3) is 2.50. The molecule has 0 radical (unpaired) electrons. The minimum absolute atomic E-state index is 0.452. The average molecular weight is 219 g/mol. The molecule has 1 aromatic heterocycles. The Hall–Kier alpha value is -0.571. The van der Waals surface area contributed by atoms with Crippen molar-refractivity contribution in [1.29, 1.82) is 0 Å². The Morgan fingerprint density at radius 1 is 1.82 bits per heavy atom. The van der Waals surface area contributed by atoms with Gasteiger partial charge < -0.3 is 0 Å². The zero-order valence-corrected chi connectivity index (χ0v) is 7.70. The summed E-state index contributed by atoms with van der Waals surface area (Å²) in [7, 11) is 0. The van der Waals surface area contributed by atoms with E-state index in [1.54, 1.807) is 0 Å². The van der Waals surface area contributed by atoms with Crippen molar-refractivity contribution in [2.75, 3.05) is 0 Å². The van der Waals surface area contributed by atoms with Crippen molar-refractivity contribution < 1.29 is 15.6 Å². The van der Waals surface area contributed by atoms with Crippen LogP contribution in [0.1, 0.15) is 5.56 Å². The van der Waals surface area contributed by atoms with E-state index in [4.69, 9.17) is 5.11 Å². The topological polar surface area (TPSA) is 64.9 Å². The third-order valence-corrected chi connectivity index (χ3v) is 2.95. The molecule has 0 aliphatic rings. The molecule has 0 fully saturated rings. The molecule has 60 valence electrons. The van der Waals surface area contributed by atoms with Crippen molar-refractivity contribution in [3.63, 3.8) is 0 Å². The second kappa shape index (κ2) is 3.72. The van der Waals surface area contributed by atoms with Crippen molar-refractivity contribution >= 4 is 20.5 Å². The Kier molecular flexibility index (Phi) is 2.88. The summed E-state index contributed by atoms with van der Waals surface area (Å²) in [5, 5.41) is 8.53. The first-order valence-electron chi connectivity index (χ1n) is 3.27. The second-order valence-electron chi connectivity index (χ2n) is 2.37. The van der Waals surface area contributed by atoms with Crippen LogP contribution < -0.4 is 5.73 Å². The summed E-state index contributed by atoms with van der Waals surface area (Å²) in [6.45, 7) is 0. The van der Waals surface area contributed by atoms with E-state index < -0.39 is 12.0 Å². The van der Waals surface area contributed by atoms with E-state index >= 15 is 0 Å². The number of rotatable bonds is 3. The fraction of sp³-hybridized carbons (Fsp3) is 0.286. The number of quaternary nitrogens is 1. The Morgan fingerprint density at radius 2 is 2.55 bits per heavy atom. The van der Waals surface area contributed by atoms with Crippen LogP contribution in [0.2, 0.25) is 0 Å². The molecule has 0 saturated heterocycles. The van der Waals surface area contributed by atoms with Gasteiger partial charge in [-0.25, -0.2) is 0 Å². The van der Waals surface area contributed by atoms with Gasteiger partial charge >= 0.3 is 70.1 Å². The monoisotopic (exact) mass is 220 g/mol. The quantitative estimate of drug-likeness (QED) is 0.639. The summed E-state index contributed by atoms with van der Waals surface area (Å²) in [6, 6.07) is 1.49. The van der Waals surface area contributed by atoms with E-state index in [-0.39, 0.29) is 0 Å². The van der Waals surface area contributed by atoms with Gasteiger partial charge in [0.15, 0.2) is 0 Å². The summed E-state index contributed by atoms with van der Waals surface area (Å²) in [5.41, 5.74) is 4.65. The maximum absolute atomic E-state index is 10.4. The SMILES string of the molecule is [NH3+]C(Cc1cc[se]c1)C(=O)O. The van der Waals surface area contributed by atoms with E-state index in [1.165, 1.54) is 0 Å². The number of hydrogen-bond donors (Lipinski definition) is 2. The molecule has 1 unspecified atom stereocenters. The van der Waals surface area contributed by atoms with Gasteiger partial charge in [-0.1, -0.05) is 0 Å². The molecular weight excluding hydrogens is 209 g/mol. The predicted molar refractivity (Wildman–Crippen MR) is 41.4 cm³/mol. The molecule has 0 aromatic carbocycles. The van der Waals surface area contributed by atoms with E-state index in [9.17, 15) is 4.79 Å². The van der Waals surface area contributed by atoms with Crippen LogP contribution in [-0.2, 0) is 11.2 Å². The van der Waals surface area contributed by atoms with Gasteiger partial charge in [0.25, 0.3) is 0 Å². The molecule has 11 heavy (non-hydrogen) atoms. The first kappa shape index (κ1) is 8.53. The van der Waals surface area contributed by atoms with Gasteiger partial charge in [0.05, 0.1) is 0 Å². The Balaban J connectivity index is 2.50. The van der Waals surface area contributed by atoms with Gasteiger partial charge in [0.1, 0.15) is 0 Å². The van der Waals surface area contributed by atoms with Crippen molar-refractivity contribution in [2.45, 2.75) is 12.5 Å². The van der Waals surface area contributed by atoms with E-state index in [2.05, 4.69) is 15.6 Å². The summed E-state index contributed by atoms with van der Waals surface area (Å²) in [5.74, 6) is -0.821. The normalized spacial score (nSPS) is 12.8. The van der Waals surface area contributed by atoms with Crippen LogP contribution in [0.3, 0.4) is 0 Å². The van der Waals surface area contributed by atoms with Crippen LogP contribution >= 0.6 is 0 Å². The predicted octanol–water partition coefficient (Wildman–Crippen LogP) is -1.02. The van der Waals surface area contributed by atoms with Crippen molar-refractivity contribution in [3.05, 3.63) is 21.5 Å². The molecule has 0 aliphatic heterocycles. The fourth-order valence-electron chi connectivity index (χ4n) is 0.781. The molecule has 0 saturated carbocycles. The first-order valence-corrected chi connectivity index (χ1v) is 5.25. The zero-order valence-electron chi connectivity index (χ0n) is 5.99. The van der Waals surface area contributed by atoms with Gasteiger partial charge in [0, 0.05) is 0 Å². The molecule has 0 aliphatic carbocycles. The van der Waals surface area contributed by atoms with Crippen LogP contribution in [0.4, 0.5) is 0 Å². The summed E-state index contributed by atoms with van der Waals surface area (Å²) in [6.07, 6.45) is 0.563. The van der Waals surface area contributed by atoms with Crippen LogP contribution in [0.25, 0.3) is 0 Å². The Labute approximate surface area is 70.6 Å². The Bertz CT molecular complexity index is 233. The van der Waals surface area contributed by atoms with Crippen LogP contribution in [0.5, 0.6) is 0 Å². The minimum atomic E-state index is -0.821.